The lowest BCUT2D eigenvalue weighted by atomic mass is 10.0. The van der Waals surface area contributed by atoms with Crippen molar-refractivity contribution in [3.05, 3.63) is 96.2 Å². The minimum absolute atomic E-state index is 0.254. The third-order valence-electron chi connectivity index (χ3n) is 6.87. The average Bonchev–Trinajstić information content (AvgIpc) is 3.32. The summed E-state index contributed by atoms with van der Waals surface area (Å²) in [5.41, 5.74) is 5.17. The second kappa shape index (κ2) is 10.5. The Hall–Kier alpha value is -3.35. The number of nitrogens with zero attached hydrogens (tertiary/aromatic N) is 4. The van der Waals surface area contributed by atoms with Crippen LogP contribution in [0, 0.1) is 11.6 Å². The van der Waals surface area contributed by atoms with E-state index in [0.717, 1.165) is 73.8 Å². The maximum Gasteiger partial charge on any atom is 0.132 e. The number of hydrogen-bond donors (Lipinski definition) is 0. The van der Waals surface area contributed by atoms with Crippen molar-refractivity contribution in [3.8, 4) is 28.1 Å². The lowest BCUT2D eigenvalue weighted by Gasteiger charge is -2.34. The van der Waals surface area contributed by atoms with Crippen LogP contribution in [0.2, 0.25) is 0 Å². The summed E-state index contributed by atoms with van der Waals surface area (Å²) in [6.07, 6.45) is 2.68. The molecule has 180 valence electrons. The SMILES string of the molecule is CCN1CCN(CCc2cnn(-c3ccc(-c4ccc(F)cc4)cc3)c2-c2ccccc2F)CC1. The van der Waals surface area contributed by atoms with Crippen molar-refractivity contribution in [2.75, 3.05) is 39.3 Å². The summed E-state index contributed by atoms with van der Waals surface area (Å²) >= 11 is 0. The summed E-state index contributed by atoms with van der Waals surface area (Å²) in [5, 5.41) is 4.68. The molecule has 0 atom stereocenters. The molecular formula is C29H30F2N4. The molecule has 0 spiro atoms. The highest BCUT2D eigenvalue weighted by molar-refractivity contribution is 5.68. The molecule has 1 fully saturated rings. The van der Waals surface area contributed by atoms with Crippen molar-refractivity contribution in [2.24, 2.45) is 0 Å². The molecule has 1 aliphatic heterocycles. The van der Waals surface area contributed by atoms with Gasteiger partial charge in [-0.25, -0.2) is 13.5 Å². The van der Waals surface area contributed by atoms with Crippen molar-refractivity contribution in [1.29, 1.82) is 0 Å². The zero-order chi connectivity index (χ0) is 24.2. The number of hydrogen-bond acceptors (Lipinski definition) is 3. The number of likely N-dealkylation sites (N-methyl/N-ethyl adjacent to an activating group) is 1. The Kier molecular flexibility index (Phi) is 7.02. The molecule has 3 aromatic carbocycles. The molecule has 0 amide bonds. The third-order valence-corrected chi connectivity index (χ3v) is 6.87. The van der Waals surface area contributed by atoms with Crippen LogP contribution >= 0.6 is 0 Å². The molecule has 1 saturated heterocycles. The number of aromatic nitrogens is 2. The quantitative estimate of drug-likeness (QED) is 0.347. The van der Waals surface area contributed by atoms with Crippen molar-refractivity contribution in [1.82, 2.24) is 19.6 Å². The van der Waals surface area contributed by atoms with E-state index in [1.165, 1.54) is 18.2 Å². The molecule has 0 radical (unpaired) electrons. The van der Waals surface area contributed by atoms with Gasteiger partial charge in [0, 0.05) is 38.3 Å². The van der Waals surface area contributed by atoms with Crippen LogP contribution in [0.25, 0.3) is 28.1 Å². The normalized spacial score (nSPS) is 14.9. The highest BCUT2D eigenvalue weighted by Crippen LogP contribution is 2.30. The average molecular weight is 473 g/mol. The molecule has 4 aromatic rings. The standard InChI is InChI=1S/C29H30F2N4/c1-2-33-17-19-34(20-18-33)16-15-24-21-32-35(29(24)27-5-3-4-6-28(27)31)26-13-9-23(10-14-26)22-7-11-25(30)12-8-22/h3-14,21H,2,15-20H2,1H3. The van der Waals surface area contributed by atoms with Crippen LogP contribution in [-0.2, 0) is 6.42 Å². The van der Waals surface area contributed by atoms with Crippen molar-refractivity contribution >= 4 is 0 Å². The first-order valence-electron chi connectivity index (χ1n) is 12.3. The smallest absolute Gasteiger partial charge is 0.132 e. The highest BCUT2D eigenvalue weighted by Gasteiger charge is 2.20. The van der Waals surface area contributed by atoms with E-state index in [1.54, 1.807) is 18.2 Å². The molecular weight excluding hydrogens is 442 g/mol. The summed E-state index contributed by atoms with van der Waals surface area (Å²) in [6, 6.07) is 21.3. The number of piperazine rings is 1. The Labute approximate surface area is 205 Å². The van der Waals surface area contributed by atoms with E-state index in [0.29, 0.717) is 5.56 Å². The van der Waals surface area contributed by atoms with Crippen LogP contribution in [0.15, 0.2) is 79.0 Å². The molecule has 0 N–H and O–H groups in total. The molecule has 1 aliphatic rings. The zero-order valence-corrected chi connectivity index (χ0v) is 20.0. The number of rotatable bonds is 7. The van der Waals surface area contributed by atoms with E-state index >= 15 is 0 Å². The molecule has 5 rings (SSSR count). The molecule has 0 aliphatic carbocycles. The van der Waals surface area contributed by atoms with Gasteiger partial charge >= 0.3 is 0 Å². The van der Waals surface area contributed by atoms with E-state index in [4.69, 9.17) is 0 Å². The highest BCUT2D eigenvalue weighted by atomic mass is 19.1. The molecule has 35 heavy (non-hydrogen) atoms. The van der Waals surface area contributed by atoms with E-state index in [9.17, 15) is 8.78 Å². The van der Waals surface area contributed by atoms with E-state index in [1.807, 2.05) is 47.3 Å². The summed E-state index contributed by atoms with van der Waals surface area (Å²) in [5.74, 6) is -0.508. The van der Waals surface area contributed by atoms with Gasteiger partial charge in [-0.15, -0.1) is 0 Å². The van der Waals surface area contributed by atoms with Gasteiger partial charge in [0.1, 0.15) is 11.6 Å². The third kappa shape index (κ3) is 5.19. The Morgan fingerprint density at radius 1 is 0.771 bits per heavy atom. The van der Waals surface area contributed by atoms with Crippen LogP contribution in [0.3, 0.4) is 0 Å². The number of halogens is 2. The maximum absolute atomic E-state index is 14.9. The van der Waals surface area contributed by atoms with Crippen molar-refractivity contribution < 1.29 is 8.78 Å². The van der Waals surface area contributed by atoms with Crippen molar-refractivity contribution in [2.45, 2.75) is 13.3 Å². The molecule has 0 saturated carbocycles. The van der Waals surface area contributed by atoms with Crippen LogP contribution in [-0.4, -0.2) is 58.8 Å². The van der Waals surface area contributed by atoms with Crippen LogP contribution in [0.5, 0.6) is 0 Å². The Balaban J connectivity index is 1.43. The van der Waals surface area contributed by atoms with Gasteiger partial charge in [-0.2, -0.15) is 5.10 Å². The van der Waals surface area contributed by atoms with Crippen LogP contribution in [0.4, 0.5) is 8.78 Å². The first-order chi connectivity index (χ1) is 17.1. The van der Waals surface area contributed by atoms with Gasteiger partial charge in [0.25, 0.3) is 0 Å². The second-order valence-electron chi connectivity index (χ2n) is 8.99. The van der Waals surface area contributed by atoms with Gasteiger partial charge in [-0.05, 0) is 66.1 Å². The van der Waals surface area contributed by atoms with Crippen LogP contribution < -0.4 is 0 Å². The largest absolute Gasteiger partial charge is 0.301 e. The molecule has 4 nitrogen and oxygen atoms in total. The van der Waals surface area contributed by atoms with Gasteiger partial charge in [0.05, 0.1) is 17.6 Å². The maximum atomic E-state index is 14.9. The van der Waals surface area contributed by atoms with E-state index < -0.39 is 0 Å². The summed E-state index contributed by atoms with van der Waals surface area (Å²) in [4.78, 5) is 4.95. The molecule has 0 unspecified atom stereocenters. The van der Waals surface area contributed by atoms with Gasteiger partial charge in [0.2, 0.25) is 0 Å². The van der Waals surface area contributed by atoms with E-state index in [-0.39, 0.29) is 11.6 Å². The molecule has 6 heteroatoms. The minimum atomic E-state index is -0.255. The van der Waals surface area contributed by atoms with Gasteiger partial charge in [0.15, 0.2) is 0 Å². The van der Waals surface area contributed by atoms with Crippen molar-refractivity contribution in [3.63, 3.8) is 0 Å². The van der Waals surface area contributed by atoms with Crippen LogP contribution in [0.1, 0.15) is 12.5 Å². The van der Waals surface area contributed by atoms with Gasteiger partial charge in [-0.1, -0.05) is 43.3 Å². The molecule has 2 heterocycles. The fraction of sp³-hybridized carbons (Fsp3) is 0.276. The van der Waals surface area contributed by atoms with Gasteiger partial charge < -0.3 is 9.80 Å². The summed E-state index contributed by atoms with van der Waals surface area (Å²) in [6.45, 7) is 8.53. The zero-order valence-electron chi connectivity index (χ0n) is 20.0. The topological polar surface area (TPSA) is 24.3 Å². The molecule has 1 aromatic heterocycles. The first kappa shape index (κ1) is 23.4. The predicted molar refractivity (Wildman–Crippen MR) is 137 cm³/mol. The first-order valence-corrected chi connectivity index (χ1v) is 12.3. The fourth-order valence-corrected chi connectivity index (χ4v) is 4.75. The summed E-state index contributed by atoms with van der Waals surface area (Å²) in [7, 11) is 0. The minimum Gasteiger partial charge on any atom is -0.301 e. The Morgan fingerprint density at radius 2 is 1.40 bits per heavy atom. The molecule has 0 bridgehead atoms. The summed E-state index contributed by atoms with van der Waals surface area (Å²) < 4.78 is 30.1. The monoisotopic (exact) mass is 472 g/mol. The fourth-order valence-electron chi connectivity index (χ4n) is 4.75. The Morgan fingerprint density at radius 3 is 2.06 bits per heavy atom. The second-order valence-corrected chi connectivity index (χ2v) is 8.99. The number of benzene rings is 3. The van der Waals surface area contributed by atoms with E-state index in [2.05, 4.69) is 21.8 Å². The van der Waals surface area contributed by atoms with Gasteiger partial charge in [-0.3, -0.25) is 0 Å². The lowest BCUT2D eigenvalue weighted by Crippen LogP contribution is -2.46. The predicted octanol–water partition coefficient (Wildman–Crippen LogP) is 5.66. The lowest BCUT2D eigenvalue weighted by molar-refractivity contribution is 0.138. The Bertz CT molecular complexity index is 1260.